The summed E-state index contributed by atoms with van der Waals surface area (Å²) in [5.41, 5.74) is 1.61. The fourth-order valence-electron chi connectivity index (χ4n) is 4.31. The Kier molecular flexibility index (Phi) is 7.93. The Hall–Kier alpha value is -2.69. The number of nitrogens with zero attached hydrogens (tertiary/aromatic N) is 1. The quantitative estimate of drug-likeness (QED) is 0.437. The van der Waals surface area contributed by atoms with Gasteiger partial charge in [0.25, 0.3) is 5.91 Å². The zero-order chi connectivity index (χ0) is 25.0. The Morgan fingerprint density at radius 2 is 1.91 bits per heavy atom. The number of hydrogen-bond acceptors (Lipinski definition) is 6. The van der Waals surface area contributed by atoms with Crippen molar-refractivity contribution in [3.8, 4) is 0 Å². The van der Waals surface area contributed by atoms with Crippen LogP contribution in [0.4, 0.5) is 15.8 Å². The van der Waals surface area contributed by atoms with Gasteiger partial charge in [0.1, 0.15) is 11.9 Å². The first-order valence-corrected chi connectivity index (χ1v) is 13.8. The first-order chi connectivity index (χ1) is 16.7. The van der Waals surface area contributed by atoms with E-state index in [9.17, 15) is 22.4 Å². The largest absolute Gasteiger partial charge is 0.371 e. The van der Waals surface area contributed by atoms with Crippen molar-refractivity contribution in [3.05, 3.63) is 58.4 Å². The molecule has 4 rings (SSSR count). The van der Waals surface area contributed by atoms with Crippen molar-refractivity contribution in [1.29, 1.82) is 0 Å². The van der Waals surface area contributed by atoms with Crippen LogP contribution in [0.3, 0.4) is 0 Å². The first kappa shape index (κ1) is 25.4. The highest BCUT2D eigenvalue weighted by Crippen LogP contribution is 2.29. The second-order valence-electron chi connectivity index (χ2n) is 8.90. The number of halogens is 2. The van der Waals surface area contributed by atoms with Gasteiger partial charge in [0, 0.05) is 17.1 Å². The third kappa shape index (κ3) is 6.71. The average molecular weight is 523 g/mol. The van der Waals surface area contributed by atoms with E-state index in [2.05, 4.69) is 20.9 Å². The van der Waals surface area contributed by atoms with E-state index in [1.807, 2.05) is 0 Å². The van der Waals surface area contributed by atoms with Crippen LogP contribution in [0.25, 0.3) is 0 Å². The highest BCUT2D eigenvalue weighted by molar-refractivity contribution is 7.90. The highest BCUT2D eigenvalue weighted by Gasteiger charge is 2.31. The molecule has 11 heteroatoms. The van der Waals surface area contributed by atoms with E-state index in [-0.39, 0.29) is 16.5 Å². The van der Waals surface area contributed by atoms with Gasteiger partial charge in [0.2, 0.25) is 5.91 Å². The monoisotopic (exact) mass is 522 g/mol. The molecular weight excluding hydrogens is 495 g/mol. The van der Waals surface area contributed by atoms with Gasteiger partial charge in [0.15, 0.2) is 9.84 Å². The number of carbonyl (C=O) groups excluding carboxylic acids is 2. The molecule has 0 aromatic heterocycles. The van der Waals surface area contributed by atoms with Gasteiger partial charge in [-0.15, -0.1) is 0 Å². The Labute approximate surface area is 209 Å². The molecule has 1 fully saturated rings. The number of anilines is 2. The summed E-state index contributed by atoms with van der Waals surface area (Å²) >= 11 is 5.95. The fraction of sp³-hybridized carbons (Fsp3) is 0.417. The minimum absolute atomic E-state index is 0.0156. The topological polar surface area (TPSA) is 108 Å². The normalized spacial score (nSPS) is 18.0. The molecule has 0 spiro atoms. The Morgan fingerprint density at radius 1 is 1.14 bits per heavy atom. The Morgan fingerprint density at radius 3 is 2.66 bits per heavy atom. The van der Waals surface area contributed by atoms with Crippen molar-refractivity contribution < 1.29 is 22.4 Å². The summed E-state index contributed by atoms with van der Waals surface area (Å²) < 4.78 is 38.6. The smallest absolute Gasteiger partial charge is 0.251 e. The van der Waals surface area contributed by atoms with Crippen molar-refractivity contribution in [2.75, 3.05) is 42.6 Å². The molecule has 2 amide bonds. The van der Waals surface area contributed by atoms with Crippen LogP contribution in [0.1, 0.15) is 35.2 Å². The van der Waals surface area contributed by atoms with Crippen LogP contribution in [-0.2, 0) is 20.4 Å². The molecule has 8 nitrogen and oxygen atoms in total. The molecule has 1 saturated heterocycles. The van der Waals surface area contributed by atoms with E-state index < -0.39 is 39.1 Å². The van der Waals surface area contributed by atoms with E-state index in [0.29, 0.717) is 23.5 Å². The standard InChI is InChI=1S/C24H28ClFN4O4S/c25-19-13-18(26)6-4-17(19)14-35(33,34)15-22-24(32)29-21-12-16(5-7-20(21)28-22)23(31)27-8-3-11-30-9-1-2-10-30/h4-7,12-13,22,28H,1-3,8-11,14-15H2,(H,27,31)(H,29,32)/t22-/m0/s1. The number of rotatable bonds is 9. The molecule has 2 aromatic carbocycles. The molecule has 1 atom stereocenters. The van der Waals surface area contributed by atoms with Crippen LogP contribution in [0.2, 0.25) is 5.02 Å². The fourth-order valence-corrected chi connectivity index (χ4v) is 6.21. The summed E-state index contributed by atoms with van der Waals surface area (Å²) in [6.07, 6.45) is 3.33. The lowest BCUT2D eigenvalue weighted by atomic mass is 10.1. The van der Waals surface area contributed by atoms with Crippen LogP contribution >= 0.6 is 11.6 Å². The molecule has 0 aliphatic carbocycles. The predicted octanol–water partition coefficient (Wildman–Crippen LogP) is 3.04. The molecule has 2 aliphatic heterocycles. The van der Waals surface area contributed by atoms with E-state index in [1.54, 1.807) is 18.2 Å². The summed E-state index contributed by atoms with van der Waals surface area (Å²) in [5.74, 6) is -2.19. The first-order valence-electron chi connectivity index (χ1n) is 11.6. The molecule has 2 heterocycles. The van der Waals surface area contributed by atoms with Crippen molar-refractivity contribution in [2.45, 2.75) is 31.1 Å². The molecule has 188 valence electrons. The number of hydrogen-bond donors (Lipinski definition) is 3. The van der Waals surface area contributed by atoms with E-state index in [1.165, 1.54) is 18.9 Å². The molecular formula is C24H28ClFN4O4S. The molecule has 2 aliphatic rings. The van der Waals surface area contributed by atoms with Crippen molar-refractivity contribution >= 4 is 44.6 Å². The van der Waals surface area contributed by atoms with Gasteiger partial charge in [-0.1, -0.05) is 17.7 Å². The lowest BCUT2D eigenvalue weighted by Crippen LogP contribution is -2.43. The molecule has 3 N–H and O–H groups in total. The van der Waals surface area contributed by atoms with Crippen molar-refractivity contribution in [2.24, 2.45) is 0 Å². The molecule has 35 heavy (non-hydrogen) atoms. The van der Waals surface area contributed by atoms with Gasteiger partial charge in [-0.3, -0.25) is 9.59 Å². The molecule has 0 unspecified atom stereocenters. The second-order valence-corrected chi connectivity index (χ2v) is 11.4. The Bertz CT molecular complexity index is 1220. The van der Waals surface area contributed by atoms with Crippen LogP contribution < -0.4 is 16.0 Å². The number of benzene rings is 2. The summed E-state index contributed by atoms with van der Waals surface area (Å²) in [5, 5.41) is 8.54. The molecule has 0 saturated carbocycles. The number of carbonyl (C=O) groups is 2. The maximum absolute atomic E-state index is 13.2. The van der Waals surface area contributed by atoms with Crippen LogP contribution in [-0.4, -0.2) is 63.1 Å². The van der Waals surface area contributed by atoms with Gasteiger partial charge >= 0.3 is 0 Å². The number of likely N-dealkylation sites (tertiary alicyclic amines) is 1. The zero-order valence-corrected chi connectivity index (χ0v) is 20.7. The minimum Gasteiger partial charge on any atom is -0.371 e. The minimum atomic E-state index is -3.74. The number of nitrogens with one attached hydrogen (secondary N) is 3. The summed E-state index contributed by atoms with van der Waals surface area (Å²) in [6, 6.07) is 7.33. The van der Waals surface area contributed by atoms with Gasteiger partial charge in [-0.05, 0) is 74.8 Å². The second kappa shape index (κ2) is 10.9. The Balaban J connectivity index is 1.33. The van der Waals surface area contributed by atoms with Gasteiger partial charge in [0.05, 0.1) is 22.9 Å². The van der Waals surface area contributed by atoms with Crippen LogP contribution in [0.5, 0.6) is 0 Å². The molecule has 2 aromatic rings. The maximum atomic E-state index is 13.2. The van der Waals surface area contributed by atoms with Gasteiger partial charge < -0.3 is 20.9 Å². The van der Waals surface area contributed by atoms with Gasteiger partial charge in [-0.25, -0.2) is 12.8 Å². The third-order valence-corrected chi connectivity index (χ3v) is 8.08. The third-order valence-electron chi connectivity index (χ3n) is 6.13. The molecule has 0 bridgehead atoms. The van der Waals surface area contributed by atoms with Crippen molar-refractivity contribution in [1.82, 2.24) is 10.2 Å². The zero-order valence-electron chi connectivity index (χ0n) is 19.1. The SMILES string of the molecule is O=C(NCCCN1CCCC1)c1ccc2c(c1)NC(=O)[C@H](CS(=O)(=O)Cc1ccc(F)cc1Cl)N2. The van der Waals surface area contributed by atoms with Crippen molar-refractivity contribution in [3.63, 3.8) is 0 Å². The van der Waals surface area contributed by atoms with Crippen LogP contribution in [0.15, 0.2) is 36.4 Å². The molecule has 0 radical (unpaired) electrons. The number of sulfone groups is 1. The number of fused-ring (bicyclic) bond motifs is 1. The van der Waals surface area contributed by atoms with Gasteiger partial charge in [-0.2, -0.15) is 0 Å². The lowest BCUT2D eigenvalue weighted by Gasteiger charge is -2.27. The predicted molar refractivity (Wildman–Crippen MR) is 134 cm³/mol. The lowest BCUT2D eigenvalue weighted by molar-refractivity contribution is -0.116. The van der Waals surface area contributed by atoms with E-state index in [4.69, 9.17) is 11.6 Å². The highest BCUT2D eigenvalue weighted by atomic mass is 35.5. The van der Waals surface area contributed by atoms with E-state index >= 15 is 0 Å². The summed E-state index contributed by atoms with van der Waals surface area (Å²) in [7, 11) is -3.74. The number of amides is 2. The van der Waals surface area contributed by atoms with E-state index in [0.717, 1.165) is 38.2 Å². The summed E-state index contributed by atoms with van der Waals surface area (Å²) in [4.78, 5) is 27.5. The van der Waals surface area contributed by atoms with Crippen LogP contribution in [0, 0.1) is 5.82 Å². The average Bonchev–Trinajstić information content (AvgIpc) is 3.32. The maximum Gasteiger partial charge on any atom is 0.251 e. The summed E-state index contributed by atoms with van der Waals surface area (Å²) in [6.45, 7) is 3.76.